The van der Waals surface area contributed by atoms with Gasteiger partial charge in [0.15, 0.2) is 0 Å². The molecule has 1 aromatic heterocycles. The number of carbonyl (C=O) groups excluding carboxylic acids is 2. The fourth-order valence-electron chi connectivity index (χ4n) is 2.21. The monoisotopic (exact) mass is 287 g/mol. The first-order valence-electron chi connectivity index (χ1n) is 6.19. The normalized spacial score (nSPS) is 15.4. The van der Waals surface area contributed by atoms with E-state index < -0.39 is 0 Å². The van der Waals surface area contributed by atoms with Gasteiger partial charge in [0, 0.05) is 23.8 Å². The summed E-state index contributed by atoms with van der Waals surface area (Å²) in [6, 6.07) is 5.35. The van der Waals surface area contributed by atoms with Crippen LogP contribution in [-0.4, -0.2) is 28.7 Å². The van der Waals surface area contributed by atoms with E-state index in [1.807, 2.05) is 19.2 Å². The molecule has 5 nitrogen and oxygen atoms in total. The van der Waals surface area contributed by atoms with Gasteiger partial charge in [-0.1, -0.05) is 0 Å². The predicted molar refractivity (Wildman–Crippen MR) is 77.0 cm³/mol. The molecule has 1 N–H and O–H groups in total. The van der Waals surface area contributed by atoms with Gasteiger partial charge in [0.25, 0.3) is 11.8 Å². The molecule has 20 heavy (non-hydrogen) atoms. The molecule has 3 rings (SSSR count). The van der Waals surface area contributed by atoms with Crippen molar-refractivity contribution >= 4 is 28.8 Å². The van der Waals surface area contributed by atoms with Gasteiger partial charge in [-0.25, -0.2) is 0 Å². The van der Waals surface area contributed by atoms with E-state index >= 15 is 0 Å². The fourth-order valence-corrected chi connectivity index (χ4v) is 2.84. The number of imide groups is 1. The van der Waals surface area contributed by atoms with Crippen molar-refractivity contribution in [3.8, 4) is 0 Å². The number of nitrogens with zero attached hydrogens (tertiary/aromatic N) is 2. The number of rotatable bonds is 3. The zero-order valence-electron chi connectivity index (χ0n) is 11.1. The Morgan fingerprint density at radius 3 is 2.70 bits per heavy atom. The molecule has 0 spiro atoms. The molecule has 2 amide bonds. The van der Waals surface area contributed by atoms with E-state index in [-0.39, 0.29) is 17.9 Å². The Bertz CT molecular complexity index is 682. The molecular formula is C14H13N3O2S. The van der Waals surface area contributed by atoms with E-state index in [4.69, 9.17) is 0 Å². The Hall–Kier alpha value is -2.21. The minimum Gasteiger partial charge on any atom is -0.378 e. The molecule has 0 bridgehead atoms. The highest BCUT2D eigenvalue weighted by Gasteiger charge is 2.32. The number of hydrogen-bond donors (Lipinski definition) is 1. The van der Waals surface area contributed by atoms with Crippen molar-refractivity contribution in [3.63, 3.8) is 0 Å². The fraction of sp³-hybridized carbons (Fsp3) is 0.214. The van der Waals surface area contributed by atoms with Gasteiger partial charge in [0.1, 0.15) is 0 Å². The number of aromatic nitrogens is 1. The summed E-state index contributed by atoms with van der Waals surface area (Å²) in [4.78, 5) is 30.1. The van der Waals surface area contributed by atoms with E-state index in [2.05, 4.69) is 10.3 Å². The van der Waals surface area contributed by atoms with Crippen molar-refractivity contribution in [1.82, 2.24) is 9.88 Å². The molecule has 1 aromatic carbocycles. The summed E-state index contributed by atoms with van der Waals surface area (Å²) in [6.07, 6.45) is 1.82. The summed E-state index contributed by atoms with van der Waals surface area (Å²) < 4.78 is 0. The molecule has 2 aromatic rings. The summed E-state index contributed by atoms with van der Waals surface area (Å²) in [7, 11) is 1.50. The molecule has 2 heterocycles. The molecule has 0 aliphatic carbocycles. The molecular weight excluding hydrogens is 274 g/mol. The zero-order chi connectivity index (χ0) is 14.3. The molecule has 102 valence electrons. The lowest BCUT2D eigenvalue weighted by Crippen LogP contribution is -2.24. The van der Waals surface area contributed by atoms with Crippen molar-refractivity contribution in [2.24, 2.45) is 0 Å². The summed E-state index contributed by atoms with van der Waals surface area (Å²) in [5.74, 6) is -0.494. The van der Waals surface area contributed by atoms with Crippen molar-refractivity contribution in [1.29, 1.82) is 0 Å². The number of thiazole rings is 1. The van der Waals surface area contributed by atoms with Gasteiger partial charge in [-0.2, -0.15) is 0 Å². The Labute approximate surface area is 120 Å². The third kappa shape index (κ3) is 1.98. The summed E-state index contributed by atoms with van der Waals surface area (Å²) in [5.41, 5.74) is 3.53. The van der Waals surface area contributed by atoms with E-state index in [0.29, 0.717) is 11.1 Å². The van der Waals surface area contributed by atoms with Crippen LogP contribution in [0.1, 0.15) is 38.6 Å². The average Bonchev–Trinajstić information content (AvgIpc) is 3.04. The SMILES string of the molecule is CC(Nc1ccc2c(c1)C(=O)N(C)C2=O)c1cncs1. The maximum Gasteiger partial charge on any atom is 0.261 e. The quantitative estimate of drug-likeness (QED) is 0.881. The van der Waals surface area contributed by atoms with Gasteiger partial charge in [-0.15, -0.1) is 11.3 Å². The minimum atomic E-state index is -0.251. The van der Waals surface area contributed by atoms with E-state index in [0.717, 1.165) is 15.5 Å². The molecule has 1 atom stereocenters. The highest BCUT2D eigenvalue weighted by atomic mass is 32.1. The Balaban J connectivity index is 1.87. The summed E-state index contributed by atoms with van der Waals surface area (Å²) in [6.45, 7) is 2.03. The van der Waals surface area contributed by atoms with Crippen LogP contribution in [0.3, 0.4) is 0 Å². The number of amides is 2. The maximum atomic E-state index is 11.9. The van der Waals surface area contributed by atoms with Crippen molar-refractivity contribution in [3.05, 3.63) is 45.9 Å². The Morgan fingerprint density at radius 2 is 2.00 bits per heavy atom. The van der Waals surface area contributed by atoms with Crippen molar-refractivity contribution in [2.45, 2.75) is 13.0 Å². The van der Waals surface area contributed by atoms with Crippen molar-refractivity contribution in [2.75, 3.05) is 12.4 Å². The average molecular weight is 287 g/mol. The first-order chi connectivity index (χ1) is 9.58. The largest absolute Gasteiger partial charge is 0.378 e. The van der Waals surface area contributed by atoms with Crippen LogP contribution >= 0.6 is 11.3 Å². The van der Waals surface area contributed by atoms with E-state index in [9.17, 15) is 9.59 Å². The maximum absolute atomic E-state index is 11.9. The lowest BCUT2D eigenvalue weighted by molar-refractivity contribution is 0.0693. The van der Waals surface area contributed by atoms with Crippen molar-refractivity contribution < 1.29 is 9.59 Å². The standard InChI is InChI=1S/C14H13N3O2S/c1-8(12-6-15-7-20-12)16-9-3-4-10-11(5-9)14(19)17(2)13(10)18/h3-8,16H,1-2H3. The molecule has 0 saturated carbocycles. The third-order valence-electron chi connectivity index (χ3n) is 3.35. The molecule has 0 saturated heterocycles. The molecule has 1 aliphatic heterocycles. The molecule has 6 heteroatoms. The van der Waals surface area contributed by atoms with E-state index in [1.165, 1.54) is 7.05 Å². The van der Waals surface area contributed by atoms with Crippen LogP contribution in [0.5, 0.6) is 0 Å². The van der Waals surface area contributed by atoms with E-state index in [1.54, 1.807) is 29.0 Å². The first-order valence-corrected chi connectivity index (χ1v) is 7.07. The highest BCUT2D eigenvalue weighted by molar-refractivity contribution is 7.09. The van der Waals surface area contributed by atoms with Gasteiger partial charge in [0.2, 0.25) is 0 Å². The molecule has 1 aliphatic rings. The van der Waals surface area contributed by atoms with Crippen LogP contribution in [0, 0.1) is 0 Å². The van der Waals surface area contributed by atoms with Gasteiger partial charge < -0.3 is 5.32 Å². The second kappa shape index (κ2) is 4.72. The van der Waals surface area contributed by atoms with Crippen LogP contribution in [0.2, 0.25) is 0 Å². The number of carbonyl (C=O) groups is 2. The van der Waals surface area contributed by atoms with Gasteiger partial charge in [-0.3, -0.25) is 19.5 Å². The zero-order valence-corrected chi connectivity index (χ0v) is 11.9. The van der Waals surface area contributed by atoms with Crippen LogP contribution in [0.15, 0.2) is 29.9 Å². The second-order valence-electron chi connectivity index (χ2n) is 4.70. The smallest absolute Gasteiger partial charge is 0.261 e. The minimum absolute atomic E-state index is 0.102. The molecule has 0 radical (unpaired) electrons. The van der Waals surface area contributed by atoms with Gasteiger partial charge in [0.05, 0.1) is 22.7 Å². The lowest BCUT2D eigenvalue weighted by Gasteiger charge is -2.13. The second-order valence-corrected chi connectivity index (χ2v) is 5.62. The van der Waals surface area contributed by atoms with Crippen LogP contribution in [0.4, 0.5) is 5.69 Å². The van der Waals surface area contributed by atoms with Crippen LogP contribution in [0.25, 0.3) is 0 Å². The Morgan fingerprint density at radius 1 is 1.25 bits per heavy atom. The first kappa shape index (κ1) is 12.8. The molecule has 1 unspecified atom stereocenters. The number of nitrogens with one attached hydrogen (secondary N) is 1. The number of fused-ring (bicyclic) bond motifs is 1. The summed E-state index contributed by atoms with van der Waals surface area (Å²) >= 11 is 1.57. The number of hydrogen-bond acceptors (Lipinski definition) is 5. The Kier molecular flexibility index (Phi) is 3.02. The van der Waals surface area contributed by atoms with Crippen LogP contribution < -0.4 is 5.32 Å². The number of benzene rings is 1. The highest BCUT2D eigenvalue weighted by Crippen LogP contribution is 2.27. The van der Waals surface area contributed by atoms with Gasteiger partial charge in [-0.05, 0) is 25.1 Å². The molecule has 0 fully saturated rings. The topological polar surface area (TPSA) is 62.3 Å². The van der Waals surface area contributed by atoms with Gasteiger partial charge >= 0.3 is 0 Å². The third-order valence-corrected chi connectivity index (χ3v) is 4.31. The lowest BCUT2D eigenvalue weighted by atomic mass is 10.1. The predicted octanol–water partition coefficient (Wildman–Crippen LogP) is 2.54. The van der Waals surface area contributed by atoms with Crippen LogP contribution in [-0.2, 0) is 0 Å². The number of anilines is 1. The summed E-state index contributed by atoms with van der Waals surface area (Å²) in [5, 5.41) is 3.31.